The van der Waals surface area contributed by atoms with Crippen molar-refractivity contribution in [2.24, 2.45) is 0 Å². The Labute approximate surface area is 229 Å². The molecule has 2 saturated heterocycles. The van der Waals surface area contributed by atoms with E-state index in [9.17, 15) is 4.79 Å². The molecule has 2 aliphatic rings. The first-order valence-corrected chi connectivity index (χ1v) is 13.7. The van der Waals surface area contributed by atoms with Crippen LogP contribution < -0.4 is 14.7 Å². The maximum Gasteiger partial charge on any atom is 0.325 e. The number of carbonyl (C=O) groups is 1. The normalized spacial score (nSPS) is 16.6. The Kier molecular flexibility index (Phi) is 8.67. The summed E-state index contributed by atoms with van der Waals surface area (Å²) in [4.78, 5) is 40.8. The predicted molar refractivity (Wildman–Crippen MR) is 151 cm³/mol. The van der Waals surface area contributed by atoms with Crippen molar-refractivity contribution in [2.75, 3.05) is 81.3 Å². The van der Waals surface area contributed by atoms with Crippen LogP contribution in [0.3, 0.4) is 0 Å². The number of hydrogen-bond donors (Lipinski definition) is 0. The molecule has 0 amide bonds. The van der Waals surface area contributed by atoms with Crippen LogP contribution in [0.4, 0.5) is 17.6 Å². The first-order valence-electron chi connectivity index (χ1n) is 13.7. The van der Waals surface area contributed by atoms with Crippen molar-refractivity contribution in [3.63, 3.8) is 0 Å². The van der Waals surface area contributed by atoms with Crippen LogP contribution in [-0.4, -0.2) is 103 Å². The lowest BCUT2D eigenvalue weighted by molar-refractivity contribution is -0.141. The number of esters is 1. The van der Waals surface area contributed by atoms with Crippen molar-refractivity contribution in [3.8, 4) is 0 Å². The maximum absolute atomic E-state index is 12.7. The molecule has 2 fully saturated rings. The summed E-state index contributed by atoms with van der Waals surface area (Å²) in [6.45, 7) is 7.13. The number of anilines is 3. The van der Waals surface area contributed by atoms with Gasteiger partial charge in [0.05, 0.1) is 19.8 Å². The molecule has 11 nitrogen and oxygen atoms in total. The van der Waals surface area contributed by atoms with Crippen LogP contribution in [0.5, 0.6) is 0 Å². The van der Waals surface area contributed by atoms with E-state index < -0.39 is 0 Å². The van der Waals surface area contributed by atoms with E-state index >= 15 is 0 Å². The van der Waals surface area contributed by atoms with Crippen LogP contribution in [-0.2, 0) is 20.8 Å². The van der Waals surface area contributed by atoms with Crippen molar-refractivity contribution in [2.45, 2.75) is 32.4 Å². The van der Waals surface area contributed by atoms with Crippen LogP contribution in [0, 0.1) is 0 Å². The predicted octanol–water partition coefficient (Wildman–Crippen LogP) is 2.36. The summed E-state index contributed by atoms with van der Waals surface area (Å²) in [6.07, 6.45) is 3.63. The number of ether oxygens (including phenoxy) is 2. The molecule has 0 aliphatic carbocycles. The van der Waals surface area contributed by atoms with Gasteiger partial charge >= 0.3 is 5.97 Å². The molecule has 5 rings (SSSR count). The van der Waals surface area contributed by atoms with Crippen molar-refractivity contribution in [1.82, 2.24) is 24.8 Å². The summed E-state index contributed by atoms with van der Waals surface area (Å²) in [5.41, 5.74) is 2.37. The molecule has 0 bridgehead atoms. The Hall–Kier alpha value is -3.57. The molecular weight excluding hydrogens is 496 g/mol. The van der Waals surface area contributed by atoms with Crippen molar-refractivity contribution < 1.29 is 14.3 Å². The highest BCUT2D eigenvalue weighted by Crippen LogP contribution is 2.32. The topological polar surface area (TPSA) is 100 Å². The number of hydrogen-bond acceptors (Lipinski definition) is 11. The molecule has 3 aromatic rings. The van der Waals surface area contributed by atoms with Gasteiger partial charge in [0.25, 0.3) is 0 Å². The first kappa shape index (κ1) is 27.0. The minimum Gasteiger partial charge on any atom is -0.465 e. The largest absolute Gasteiger partial charge is 0.465 e. The van der Waals surface area contributed by atoms with Crippen molar-refractivity contribution in [3.05, 3.63) is 42.2 Å². The third kappa shape index (κ3) is 6.36. The SMILES string of the molecule is CCOC(=O)CN(Cc1ccccc1)c1ncnc2c(N3CCOCC3)nc(N3CCC(N(C)C)CC3)nc12. The van der Waals surface area contributed by atoms with Crippen molar-refractivity contribution >= 4 is 34.6 Å². The fourth-order valence-corrected chi connectivity index (χ4v) is 5.23. The Morgan fingerprint density at radius 1 is 1.00 bits per heavy atom. The van der Waals surface area contributed by atoms with Gasteiger partial charge in [0, 0.05) is 38.8 Å². The van der Waals surface area contributed by atoms with Gasteiger partial charge in [-0.15, -0.1) is 0 Å². The number of benzene rings is 1. The van der Waals surface area contributed by atoms with Crippen LogP contribution in [0.1, 0.15) is 25.3 Å². The summed E-state index contributed by atoms with van der Waals surface area (Å²) < 4.78 is 10.9. The summed E-state index contributed by atoms with van der Waals surface area (Å²) in [6, 6.07) is 10.6. The second kappa shape index (κ2) is 12.5. The molecule has 0 saturated carbocycles. The van der Waals surface area contributed by atoms with Gasteiger partial charge in [-0.3, -0.25) is 4.79 Å². The van der Waals surface area contributed by atoms with Crippen LogP contribution >= 0.6 is 0 Å². The molecule has 2 aliphatic heterocycles. The number of rotatable bonds is 9. The fourth-order valence-electron chi connectivity index (χ4n) is 5.23. The molecule has 0 unspecified atom stereocenters. The molecule has 0 atom stereocenters. The minimum absolute atomic E-state index is 0.0509. The zero-order chi connectivity index (χ0) is 27.2. The lowest BCUT2D eigenvalue weighted by atomic mass is 10.0. The zero-order valence-electron chi connectivity index (χ0n) is 23.1. The monoisotopic (exact) mass is 534 g/mol. The van der Waals surface area contributed by atoms with E-state index in [1.54, 1.807) is 0 Å². The van der Waals surface area contributed by atoms with E-state index in [4.69, 9.17) is 19.4 Å². The highest BCUT2D eigenvalue weighted by molar-refractivity contribution is 5.95. The lowest BCUT2D eigenvalue weighted by Crippen LogP contribution is -2.43. The number of carbonyl (C=O) groups excluding carboxylic acids is 1. The van der Waals surface area contributed by atoms with Gasteiger partial charge in [-0.05, 0) is 39.4 Å². The summed E-state index contributed by atoms with van der Waals surface area (Å²) in [5.74, 6) is 1.74. The Morgan fingerprint density at radius 2 is 1.74 bits per heavy atom. The van der Waals surface area contributed by atoms with Gasteiger partial charge in [-0.1, -0.05) is 30.3 Å². The summed E-state index contributed by atoms with van der Waals surface area (Å²) >= 11 is 0. The smallest absolute Gasteiger partial charge is 0.325 e. The maximum atomic E-state index is 12.7. The van der Waals surface area contributed by atoms with Crippen LogP contribution in [0.2, 0.25) is 0 Å². The molecular formula is C28H38N8O3. The molecule has 0 spiro atoms. The van der Waals surface area contributed by atoms with Gasteiger partial charge in [0.15, 0.2) is 11.6 Å². The molecule has 39 heavy (non-hydrogen) atoms. The lowest BCUT2D eigenvalue weighted by Gasteiger charge is -2.36. The summed E-state index contributed by atoms with van der Waals surface area (Å²) in [7, 11) is 4.27. The van der Waals surface area contributed by atoms with E-state index in [1.165, 1.54) is 6.33 Å². The molecule has 0 radical (unpaired) electrons. The van der Waals surface area contributed by atoms with E-state index in [-0.39, 0.29) is 12.5 Å². The van der Waals surface area contributed by atoms with Gasteiger partial charge in [0.2, 0.25) is 5.95 Å². The molecule has 1 aromatic carbocycles. The Balaban J connectivity index is 1.58. The van der Waals surface area contributed by atoms with Crippen LogP contribution in [0.25, 0.3) is 11.0 Å². The molecule has 4 heterocycles. The average molecular weight is 535 g/mol. The van der Waals surface area contributed by atoms with Gasteiger partial charge < -0.3 is 29.1 Å². The minimum atomic E-state index is -0.311. The molecule has 0 N–H and O–H groups in total. The average Bonchev–Trinajstić information content (AvgIpc) is 2.97. The van der Waals surface area contributed by atoms with E-state index in [0.29, 0.717) is 55.2 Å². The van der Waals surface area contributed by atoms with E-state index in [2.05, 4.69) is 38.8 Å². The summed E-state index contributed by atoms with van der Waals surface area (Å²) in [5, 5.41) is 0. The third-order valence-electron chi connectivity index (χ3n) is 7.36. The molecule has 11 heteroatoms. The quantitative estimate of drug-likeness (QED) is 0.378. The third-order valence-corrected chi connectivity index (χ3v) is 7.36. The number of morpholine rings is 1. The number of aromatic nitrogens is 4. The Bertz CT molecular complexity index is 1240. The molecule has 2 aromatic heterocycles. The number of fused-ring (bicyclic) bond motifs is 1. The standard InChI is InChI=1S/C28H38N8O3/c1-4-39-23(37)19-36(18-21-8-6-5-7-9-21)26-25-24(29-20-30-26)27(34-14-16-38-17-15-34)32-28(31-25)35-12-10-22(11-13-35)33(2)3/h5-9,20,22H,4,10-19H2,1-3H3. The number of piperidine rings is 1. The first-order chi connectivity index (χ1) is 19.0. The van der Waals surface area contributed by atoms with Gasteiger partial charge in [-0.2, -0.15) is 4.98 Å². The second-order valence-electron chi connectivity index (χ2n) is 10.2. The van der Waals surface area contributed by atoms with Crippen LogP contribution in [0.15, 0.2) is 36.7 Å². The zero-order valence-corrected chi connectivity index (χ0v) is 23.1. The highest BCUT2D eigenvalue weighted by Gasteiger charge is 2.27. The van der Waals surface area contributed by atoms with E-state index in [1.807, 2.05) is 42.2 Å². The van der Waals surface area contributed by atoms with Gasteiger partial charge in [0.1, 0.15) is 23.9 Å². The fraction of sp³-hybridized carbons (Fsp3) is 0.536. The Morgan fingerprint density at radius 3 is 2.44 bits per heavy atom. The van der Waals surface area contributed by atoms with Crippen molar-refractivity contribution in [1.29, 1.82) is 0 Å². The highest BCUT2D eigenvalue weighted by atomic mass is 16.5. The molecule has 208 valence electrons. The second-order valence-corrected chi connectivity index (χ2v) is 10.2. The van der Waals surface area contributed by atoms with E-state index in [0.717, 1.165) is 50.4 Å². The number of nitrogens with zero attached hydrogens (tertiary/aromatic N) is 8. The van der Waals surface area contributed by atoms with Gasteiger partial charge in [-0.25, -0.2) is 15.0 Å².